The summed E-state index contributed by atoms with van der Waals surface area (Å²) in [5.74, 6) is -0.856. The van der Waals surface area contributed by atoms with Gasteiger partial charge in [0.2, 0.25) is 5.91 Å². The first-order chi connectivity index (χ1) is 6.97. The van der Waals surface area contributed by atoms with E-state index < -0.39 is 11.6 Å². The summed E-state index contributed by atoms with van der Waals surface area (Å²) in [5.41, 5.74) is -0.512. The maximum Gasteiger partial charge on any atom is 0.303 e. The van der Waals surface area contributed by atoms with E-state index in [2.05, 4.69) is 0 Å². The fraction of sp³-hybridized carbons (Fsp3) is 0.800. The third-order valence-corrected chi connectivity index (χ3v) is 2.67. The molecule has 1 aliphatic heterocycles. The quantitative estimate of drug-likeness (QED) is 0.741. The number of morpholine rings is 1. The van der Waals surface area contributed by atoms with Crippen LogP contribution < -0.4 is 0 Å². The number of nitrogens with zero attached hydrogens (tertiary/aromatic N) is 1. The number of rotatable bonds is 4. The molecule has 1 atom stereocenters. The summed E-state index contributed by atoms with van der Waals surface area (Å²) in [7, 11) is 0. The van der Waals surface area contributed by atoms with Crippen LogP contribution in [0.4, 0.5) is 0 Å². The zero-order valence-electron chi connectivity index (χ0n) is 9.15. The molecule has 0 radical (unpaired) electrons. The maximum absolute atomic E-state index is 11.3. The summed E-state index contributed by atoms with van der Waals surface area (Å²) >= 11 is 0. The number of aliphatic carboxylic acids is 1. The van der Waals surface area contributed by atoms with E-state index in [0.717, 1.165) is 0 Å². The summed E-state index contributed by atoms with van der Waals surface area (Å²) in [6.07, 6.45) is 0.508. The maximum atomic E-state index is 11.3. The van der Waals surface area contributed by atoms with Gasteiger partial charge in [-0.3, -0.25) is 9.59 Å². The number of likely N-dealkylation sites (N-methyl/N-ethyl adjacent to an activating group) is 1. The Morgan fingerprint density at radius 1 is 1.67 bits per heavy atom. The van der Waals surface area contributed by atoms with Crippen molar-refractivity contribution < 1.29 is 19.4 Å². The number of carboxylic acids is 1. The predicted molar refractivity (Wildman–Crippen MR) is 53.5 cm³/mol. The fourth-order valence-corrected chi connectivity index (χ4v) is 1.68. The van der Waals surface area contributed by atoms with Gasteiger partial charge in [0.1, 0.15) is 6.61 Å². The minimum atomic E-state index is -0.834. The van der Waals surface area contributed by atoms with Crippen molar-refractivity contribution in [2.45, 2.75) is 32.3 Å². The molecule has 1 fully saturated rings. The molecule has 0 aromatic rings. The number of hydrogen-bond acceptors (Lipinski definition) is 3. The fourth-order valence-electron chi connectivity index (χ4n) is 1.68. The first-order valence-electron chi connectivity index (χ1n) is 5.10. The Kier molecular flexibility index (Phi) is 3.68. The van der Waals surface area contributed by atoms with Gasteiger partial charge in [0.15, 0.2) is 0 Å². The Balaban J connectivity index is 2.54. The highest BCUT2D eigenvalue weighted by atomic mass is 16.5. The monoisotopic (exact) mass is 215 g/mol. The molecule has 5 nitrogen and oxygen atoms in total. The number of carboxylic acid groups (broad SMARTS) is 1. The molecule has 15 heavy (non-hydrogen) atoms. The van der Waals surface area contributed by atoms with E-state index in [9.17, 15) is 9.59 Å². The third-order valence-electron chi connectivity index (χ3n) is 2.67. The van der Waals surface area contributed by atoms with Crippen LogP contribution in [0.5, 0.6) is 0 Å². The SMILES string of the molecule is CCN1CC(C)(CCC(=O)O)OCC1=O. The number of carbonyl (C=O) groups is 2. The van der Waals surface area contributed by atoms with Crippen molar-refractivity contribution in [3.05, 3.63) is 0 Å². The van der Waals surface area contributed by atoms with Gasteiger partial charge in [-0.15, -0.1) is 0 Å². The zero-order valence-corrected chi connectivity index (χ0v) is 9.15. The van der Waals surface area contributed by atoms with Crippen LogP contribution >= 0.6 is 0 Å². The first-order valence-corrected chi connectivity index (χ1v) is 5.10. The molecule has 0 aromatic heterocycles. The number of ether oxygens (including phenoxy) is 1. The van der Waals surface area contributed by atoms with Gasteiger partial charge in [-0.05, 0) is 20.3 Å². The average molecular weight is 215 g/mol. The van der Waals surface area contributed by atoms with Crippen molar-refractivity contribution in [2.75, 3.05) is 19.7 Å². The average Bonchev–Trinajstić information content (AvgIpc) is 2.19. The van der Waals surface area contributed by atoms with Crippen molar-refractivity contribution in [1.29, 1.82) is 0 Å². The van der Waals surface area contributed by atoms with Crippen LogP contribution in [-0.2, 0) is 14.3 Å². The van der Waals surface area contributed by atoms with E-state index in [1.165, 1.54) is 0 Å². The van der Waals surface area contributed by atoms with Gasteiger partial charge in [0.25, 0.3) is 0 Å². The van der Waals surface area contributed by atoms with Crippen molar-refractivity contribution in [3.8, 4) is 0 Å². The van der Waals surface area contributed by atoms with Crippen LogP contribution in [-0.4, -0.2) is 47.2 Å². The van der Waals surface area contributed by atoms with Gasteiger partial charge in [-0.1, -0.05) is 0 Å². The molecule has 1 unspecified atom stereocenters. The van der Waals surface area contributed by atoms with E-state index in [-0.39, 0.29) is 18.9 Å². The Labute approximate surface area is 89.0 Å². The molecule has 0 saturated carbocycles. The predicted octanol–water partition coefficient (Wildman–Crippen LogP) is 0.489. The van der Waals surface area contributed by atoms with Gasteiger partial charge in [0, 0.05) is 19.5 Å². The highest BCUT2D eigenvalue weighted by Crippen LogP contribution is 2.23. The Morgan fingerprint density at radius 3 is 2.87 bits per heavy atom. The lowest BCUT2D eigenvalue weighted by molar-refractivity contribution is -0.163. The minimum absolute atomic E-state index is 0.0229. The van der Waals surface area contributed by atoms with Gasteiger partial charge in [0.05, 0.1) is 5.60 Å². The lowest BCUT2D eigenvalue weighted by Gasteiger charge is -2.39. The van der Waals surface area contributed by atoms with Crippen LogP contribution in [0.3, 0.4) is 0 Å². The van der Waals surface area contributed by atoms with Crippen molar-refractivity contribution in [1.82, 2.24) is 4.90 Å². The molecule has 0 spiro atoms. The molecule has 0 aromatic carbocycles. The van der Waals surface area contributed by atoms with E-state index in [1.54, 1.807) is 4.90 Å². The molecule has 1 rings (SSSR count). The Morgan fingerprint density at radius 2 is 2.33 bits per heavy atom. The second-order valence-corrected chi connectivity index (χ2v) is 4.04. The summed E-state index contributed by atoms with van der Waals surface area (Å²) in [5, 5.41) is 8.60. The lowest BCUT2D eigenvalue weighted by Crippen LogP contribution is -2.53. The molecule has 0 bridgehead atoms. The van der Waals surface area contributed by atoms with Crippen molar-refractivity contribution >= 4 is 11.9 Å². The summed E-state index contributed by atoms with van der Waals surface area (Å²) in [6, 6.07) is 0. The van der Waals surface area contributed by atoms with Gasteiger partial charge in [-0.25, -0.2) is 0 Å². The topological polar surface area (TPSA) is 66.8 Å². The largest absolute Gasteiger partial charge is 0.481 e. The van der Waals surface area contributed by atoms with Crippen molar-refractivity contribution in [3.63, 3.8) is 0 Å². The van der Waals surface area contributed by atoms with Gasteiger partial charge < -0.3 is 14.7 Å². The summed E-state index contributed by atoms with van der Waals surface area (Å²) in [4.78, 5) is 23.5. The van der Waals surface area contributed by atoms with Gasteiger partial charge in [-0.2, -0.15) is 0 Å². The number of carbonyl (C=O) groups excluding carboxylic acids is 1. The smallest absolute Gasteiger partial charge is 0.303 e. The molecule has 1 aliphatic rings. The Hall–Kier alpha value is -1.10. The molecular weight excluding hydrogens is 198 g/mol. The second-order valence-electron chi connectivity index (χ2n) is 4.04. The summed E-state index contributed by atoms with van der Waals surface area (Å²) < 4.78 is 5.41. The standard InChI is InChI=1S/C10H17NO4/c1-3-11-7-10(2,5-4-9(13)14)15-6-8(11)12/h3-7H2,1-2H3,(H,13,14). The zero-order chi connectivity index (χ0) is 11.5. The molecule has 86 valence electrons. The van der Waals surface area contributed by atoms with E-state index in [4.69, 9.17) is 9.84 Å². The summed E-state index contributed by atoms with van der Waals surface area (Å²) in [6.45, 7) is 4.94. The van der Waals surface area contributed by atoms with E-state index in [1.807, 2.05) is 13.8 Å². The normalized spacial score (nSPS) is 26.8. The van der Waals surface area contributed by atoms with Gasteiger partial charge >= 0.3 is 5.97 Å². The molecule has 0 aliphatic carbocycles. The molecule has 1 N–H and O–H groups in total. The molecule has 1 saturated heterocycles. The van der Waals surface area contributed by atoms with Crippen molar-refractivity contribution in [2.24, 2.45) is 0 Å². The second kappa shape index (κ2) is 4.61. The molecule has 5 heteroatoms. The first kappa shape index (κ1) is 12.0. The van der Waals surface area contributed by atoms with E-state index >= 15 is 0 Å². The number of hydrogen-bond donors (Lipinski definition) is 1. The van der Waals surface area contributed by atoms with E-state index in [0.29, 0.717) is 19.5 Å². The van der Waals surface area contributed by atoms with Crippen LogP contribution in [0.1, 0.15) is 26.7 Å². The highest BCUT2D eigenvalue weighted by molar-refractivity contribution is 5.78. The lowest BCUT2D eigenvalue weighted by atomic mass is 9.97. The third kappa shape index (κ3) is 3.20. The highest BCUT2D eigenvalue weighted by Gasteiger charge is 2.35. The molecular formula is C10H17NO4. The van der Waals surface area contributed by atoms with Crippen LogP contribution in [0.15, 0.2) is 0 Å². The molecule has 1 heterocycles. The minimum Gasteiger partial charge on any atom is -0.481 e. The van der Waals surface area contributed by atoms with Crippen LogP contribution in [0, 0.1) is 0 Å². The van der Waals surface area contributed by atoms with Crippen LogP contribution in [0.25, 0.3) is 0 Å². The Bertz CT molecular complexity index is 266. The molecule has 1 amide bonds. The van der Waals surface area contributed by atoms with Crippen LogP contribution in [0.2, 0.25) is 0 Å². The number of amides is 1.